The van der Waals surface area contributed by atoms with Crippen LogP contribution in [-0.4, -0.2) is 30.8 Å². The molecule has 0 spiro atoms. The van der Waals surface area contributed by atoms with Gasteiger partial charge in [-0.05, 0) is 29.8 Å². The van der Waals surface area contributed by atoms with Crippen LogP contribution in [0.2, 0.25) is 0 Å². The number of aliphatic hydroxyl groups is 1. The SMILES string of the molecule is COc1ccc(C(=O)NCC(O)Cc2ccccc2)cc1. The molecule has 4 heteroatoms. The van der Waals surface area contributed by atoms with Crippen molar-refractivity contribution in [1.82, 2.24) is 5.32 Å². The van der Waals surface area contributed by atoms with E-state index in [9.17, 15) is 9.90 Å². The minimum Gasteiger partial charge on any atom is -0.497 e. The van der Waals surface area contributed by atoms with E-state index in [-0.39, 0.29) is 12.5 Å². The van der Waals surface area contributed by atoms with E-state index >= 15 is 0 Å². The minimum absolute atomic E-state index is 0.204. The van der Waals surface area contributed by atoms with Crippen LogP contribution >= 0.6 is 0 Å². The normalized spacial score (nSPS) is 11.7. The molecule has 0 heterocycles. The summed E-state index contributed by atoms with van der Waals surface area (Å²) in [5.74, 6) is 0.500. The molecule has 2 aromatic carbocycles. The van der Waals surface area contributed by atoms with Crippen molar-refractivity contribution in [2.75, 3.05) is 13.7 Å². The zero-order chi connectivity index (χ0) is 15.1. The minimum atomic E-state index is -0.602. The number of rotatable bonds is 6. The first-order valence-electron chi connectivity index (χ1n) is 6.83. The molecule has 0 radical (unpaired) electrons. The van der Waals surface area contributed by atoms with E-state index in [1.807, 2.05) is 30.3 Å². The van der Waals surface area contributed by atoms with Gasteiger partial charge in [0.15, 0.2) is 0 Å². The molecule has 1 unspecified atom stereocenters. The Morgan fingerprint density at radius 3 is 2.43 bits per heavy atom. The lowest BCUT2D eigenvalue weighted by atomic mass is 10.1. The van der Waals surface area contributed by atoms with Crippen LogP contribution in [0, 0.1) is 0 Å². The van der Waals surface area contributed by atoms with Crippen LogP contribution in [0.3, 0.4) is 0 Å². The molecule has 21 heavy (non-hydrogen) atoms. The lowest BCUT2D eigenvalue weighted by molar-refractivity contribution is 0.0916. The molecular formula is C17H19NO3. The van der Waals surface area contributed by atoms with E-state index in [0.717, 1.165) is 5.56 Å². The third kappa shape index (κ3) is 4.61. The van der Waals surface area contributed by atoms with Crippen molar-refractivity contribution in [3.8, 4) is 5.75 Å². The average molecular weight is 285 g/mol. The van der Waals surface area contributed by atoms with Gasteiger partial charge < -0.3 is 15.2 Å². The van der Waals surface area contributed by atoms with Gasteiger partial charge in [0, 0.05) is 18.5 Å². The lowest BCUT2D eigenvalue weighted by Crippen LogP contribution is -2.33. The van der Waals surface area contributed by atoms with Crippen molar-refractivity contribution < 1.29 is 14.6 Å². The molecule has 0 bridgehead atoms. The molecule has 0 saturated carbocycles. The molecule has 0 aliphatic heterocycles. The number of aliphatic hydroxyl groups excluding tert-OH is 1. The Morgan fingerprint density at radius 1 is 1.14 bits per heavy atom. The highest BCUT2D eigenvalue weighted by Gasteiger charge is 2.09. The summed E-state index contributed by atoms with van der Waals surface area (Å²) in [5, 5.41) is 12.7. The Labute approximate surface area is 124 Å². The van der Waals surface area contributed by atoms with Crippen LogP contribution in [-0.2, 0) is 6.42 Å². The Hall–Kier alpha value is -2.33. The fraction of sp³-hybridized carbons (Fsp3) is 0.235. The Morgan fingerprint density at radius 2 is 1.81 bits per heavy atom. The number of benzene rings is 2. The summed E-state index contributed by atoms with van der Waals surface area (Å²) >= 11 is 0. The van der Waals surface area contributed by atoms with Crippen LogP contribution in [0.25, 0.3) is 0 Å². The summed E-state index contributed by atoms with van der Waals surface area (Å²) in [5.41, 5.74) is 1.59. The number of ether oxygens (including phenoxy) is 1. The van der Waals surface area contributed by atoms with E-state index in [4.69, 9.17) is 4.74 Å². The zero-order valence-electron chi connectivity index (χ0n) is 12.0. The van der Waals surface area contributed by atoms with Gasteiger partial charge in [0.2, 0.25) is 0 Å². The van der Waals surface area contributed by atoms with Gasteiger partial charge in [-0.3, -0.25) is 4.79 Å². The summed E-state index contributed by atoms with van der Waals surface area (Å²) in [6.45, 7) is 0.222. The number of hydrogen-bond acceptors (Lipinski definition) is 3. The number of carbonyl (C=O) groups is 1. The van der Waals surface area contributed by atoms with Gasteiger partial charge in [0.25, 0.3) is 5.91 Å². The molecule has 0 saturated heterocycles. The molecule has 0 aliphatic rings. The molecule has 0 fully saturated rings. The first-order valence-corrected chi connectivity index (χ1v) is 6.83. The monoisotopic (exact) mass is 285 g/mol. The van der Waals surface area contributed by atoms with Gasteiger partial charge >= 0.3 is 0 Å². The topological polar surface area (TPSA) is 58.6 Å². The highest BCUT2D eigenvalue weighted by Crippen LogP contribution is 2.11. The molecule has 1 atom stereocenters. The number of carbonyl (C=O) groups excluding carboxylic acids is 1. The molecule has 0 aromatic heterocycles. The highest BCUT2D eigenvalue weighted by atomic mass is 16.5. The predicted molar refractivity (Wildman–Crippen MR) is 81.5 cm³/mol. The summed E-state index contributed by atoms with van der Waals surface area (Å²) < 4.78 is 5.04. The molecule has 0 aliphatic carbocycles. The first-order chi connectivity index (χ1) is 10.2. The molecule has 2 rings (SSSR count). The molecule has 1 amide bonds. The maximum Gasteiger partial charge on any atom is 0.251 e. The van der Waals surface area contributed by atoms with Gasteiger partial charge in [-0.15, -0.1) is 0 Å². The predicted octanol–water partition coefficient (Wildman–Crippen LogP) is 2.03. The van der Waals surface area contributed by atoms with Crippen molar-refractivity contribution in [1.29, 1.82) is 0 Å². The zero-order valence-corrected chi connectivity index (χ0v) is 12.0. The second kappa shape index (κ2) is 7.45. The van der Waals surface area contributed by atoms with Crippen molar-refractivity contribution in [2.24, 2.45) is 0 Å². The maximum absolute atomic E-state index is 11.9. The highest BCUT2D eigenvalue weighted by molar-refractivity contribution is 5.94. The van der Waals surface area contributed by atoms with E-state index < -0.39 is 6.10 Å². The summed E-state index contributed by atoms with van der Waals surface area (Å²) in [6.07, 6.45) is -0.0846. The third-order valence-electron chi connectivity index (χ3n) is 3.16. The first kappa shape index (κ1) is 15.1. The number of hydrogen-bond donors (Lipinski definition) is 2. The van der Waals surface area contributed by atoms with E-state index in [2.05, 4.69) is 5.32 Å². The lowest BCUT2D eigenvalue weighted by Gasteiger charge is -2.12. The van der Waals surface area contributed by atoms with Crippen molar-refractivity contribution in [3.05, 3.63) is 65.7 Å². The quantitative estimate of drug-likeness (QED) is 0.854. The van der Waals surface area contributed by atoms with Gasteiger partial charge in [-0.25, -0.2) is 0 Å². The van der Waals surface area contributed by atoms with Crippen LogP contribution in [0.4, 0.5) is 0 Å². The average Bonchev–Trinajstić information content (AvgIpc) is 2.53. The van der Waals surface area contributed by atoms with Crippen molar-refractivity contribution in [3.63, 3.8) is 0 Å². The molecule has 110 valence electrons. The summed E-state index contributed by atoms with van der Waals surface area (Å²) in [7, 11) is 1.58. The third-order valence-corrected chi connectivity index (χ3v) is 3.16. The Balaban J connectivity index is 1.82. The summed E-state index contributed by atoms with van der Waals surface area (Å²) in [6, 6.07) is 16.5. The molecule has 4 nitrogen and oxygen atoms in total. The largest absolute Gasteiger partial charge is 0.497 e. The van der Waals surface area contributed by atoms with Crippen LogP contribution in [0.5, 0.6) is 5.75 Å². The Kier molecular flexibility index (Phi) is 5.35. The van der Waals surface area contributed by atoms with Gasteiger partial charge in [0.05, 0.1) is 13.2 Å². The fourth-order valence-electron chi connectivity index (χ4n) is 2.01. The summed E-state index contributed by atoms with van der Waals surface area (Å²) in [4.78, 5) is 11.9. The van der Waals surface area contributed by atoms with Crippen molar-refractivity contribution >= 4 is 5.91 Å². The number of methoxy groups -OCH3 is 1. The van der Waals surface area contributed by atoms with Gasteiger partial charge in [-0.1, -0.05) is 30.3 Å². The van der Waals surface area contributed by atoms with E-state index in [1.54, 1.807) is 31.4 Å². The van der Waals surface area contributed by atoms with Crippen LogP contribution < -0.4 is 10.1 Å². The standard InChI is InChI=1S/C17H19NO3/c1-21-16-9-7-14(8-10-16)17(20)18-12-15(19)11-13-5-3-2-4-6-13/h2-10,15,19H,11-12H2,1H3,(H,18,20). The second-order valence-electron chi connectivity index (χ2n) is 4.78. The number of amides is 1. The van der Waals surface area contributed by atoms with Gasteiger partial charge in [-0.2, -0.15) is 0 Å². The molecule has 2 N–H and O–H groups in total. The number of nitrogens with one attached hydrogen (secondary N) is 1. The smallest absolute Gasteiger partial charge is 0.251 e. The second-order valence-corrected chi connectivity index (χ2v) is 4.78. The fourth-order valence-corrected chi connectivity index (χ4v) is 2.01. The Bertz CT molecular complexity index is 566. The molecule has 2 aromatic rings. The van der Waals surface area contributed by atoms with Crippen LogP contribution in [0.15, 0.2) is 54.6 Å². The van der Waals surface area contributed by atoms with E-state index in [0.29, 0.717) is 17.7 Å². The van der Waals surface area contributed by atoms with Crippen LogP contribution in [0.1, 0.15) is 15.9 Å². The van der Waals surface area contributed by atoms with Gasteiger partial charge in [0.1, 0.15) is 5.75 Å². The van der Waals surface area contributed by atoms with Crippen molar-refractivity contribution in [2.45, 2.75) is 12.5 Å². The van der Waals surface area contributed by atoms with E-state index in [1.165, 1.54) is 0 Å². The molecular weight excluding hydrogens is 266 g/mol. The maximum atomic E-state index is 11.9.